The first-order valence-electron chi connectivity index (χ1n) is 7.00. The number of halogens is 1. The molecule has 0 saturated heterocycles. The number of hydrogen-bond acceptors (Lipinski definition) is 2. The second-order valence-electron chi connectivity index (χ2n) is 4.83. The molecular formula is C17H19IN2O. The van der Waals surface area contributed by atoms with Crippen LogP contribution in [-0.4, -0.2) is 23.9 Å². The lowest BCUT2D eigenvalue weighted by Crippen LogP contribution is -2.33. The summed E-state index contributed by atoms with van der Waals surface area (Å²) in [7, 11) is 0. The zero-order valence-electron chi connectivity index (χ0n) is 11.8. The van der Waals surface area contributed by atoms with E-state index in [-0.39, 0.29) is 5.91 Å². The first-order valence-corrected chi connectivity index (χ1v) is 8.08. The fourth-order valence-corrected chi connectivity index (χ4v) is 2.76. The summed E-state index contributed by atoms with van der Waals surface area (Å²) in [6.07, 6.45) is 0.808. The number of rotatable bonds is 6. The predicted octanol–water partition coefficient (Wildman–Crippen LogP) is 3.28. The normalized spacial score (nSPS) is 10.4. The van der Waals surface area contributed by atoms with Crippen molar-refractivity contribution in [1.29, 1.82) is 0 Å². The summed E-state index contributed by atoms with van der Waals surface area (Å²) in [5.41, 5.74) is 7.49. The van der Waals surface area contributed by atoms with Gasteiger partial charge in [0.2, 0.25) is 0 Å². The van der Waals surface area contributed by atoms with Gasteiger partial charge in [-0.3, -0.25) is 4.79 Å². The van der Waals surface area contributed by atoms with E-state index < -0.39 is 0 Å². The molecule has 0 aromatic heterocycles. The average Bonchev–Trinajstić information content (AvgIpc) is 2.52. The summed E-state index contributed by atoms with van der Waals surface area (Å²) in [4.78, 5) is 14.6. The van der Waals surface area contributed by atoms with Gasteiger partial charge in [-0.05, 0) is 53.3 Å². The van der Waals surface area contributed by atoms with Gasteiger partial charge in [-0.15, -0.1) is 0 Å². The molecule has 0 aliphatic carbocycles. The van der Waals surface area contributed by atoms with Gasteiger partial charge in [-0.25, -0.2) is 0 Å². The van der Waals surface area contributed by atoms with Crippen molar-refractivity contribution < 1.29 is 4.79 Å². The Labute approximate surface area is 139 Å². The Morgan fingerprint density at radius 1 is 1.05 bits per heavy atom. The SMILES string of the molecule is NCCCN(Cc1ccccc1)C(=O)c1ccccc1I. The summed E-state index contributed by atoms with van der Waals surface area (Å²) in [6, 6.07) is 17.7. The molecule has 2 N–H and O–H groups in total. The Balaban J connectivity index is 2.19. The highest BCUT2D eigenvalue weighted by Crippen LogP contribution is 2.16. The molecule has 2 aromatic carbocycles. The van der Waals surface area contributed by atoms with Crippen molar-refractivity contribution in [2.45, 2.75) is 13.0 Å². The third kappa shape index (κ3) is 4.54. The number of hydrogen-bond donors (Lipinski definition) is 1. The van der Waals surface area contributed by atoms with Crippen molar-refractivity contribution >= 4 is 28.5 Å². The maximum Gasteiger partial charge on any atom is 0.255 e. The fourth-order valence-electron chi connectivity index (χ4n) is 2.14. The van der Waals surface area contributed by atoms with E-state index in [0.717, 1.165) is 21.1 Å². The zero-order chi connectivity index (χ0) is 15.1. The van der Waals surface area contributed by atoms with Crippen LogP contribution in [0.1, 0.15) is 22.3 Å². The van der Waals surface area contributed by atoms with E-state index in [4.69, 9.17) is 5.73 Å². The Morgan fingerprint density at radius 2 is 1.71 bits per heavy atom. The molecule has 2 rings (SSSR count). The van der Waals surface area contributed by atoms with E-state index in [2.05, 4.69) is 22.6 Å². The molecule has 3 nitrogen and oxygen atoms in total. The number of nitrogens with zero attached hydrogens (tertiary/aromatic N) is 1. The van der Waals surface area contributed by atoms with Crippen LogP contribution in [0.4, 0.5) is 0 Å². The van der Waals surface area contributed by atoms with E-state index in [1.54, 1.807) is 0 Å². The van der Waals surface area contributed by atoms with Gasteiger partial charge >= 0.3 is 0 Å². The van der Waals surface area contributed by atoms with Gasteiger partial charge in [0.15, 0.2) is 0 Å². The van der Waals surface area contributed by atoms with Crippen molar-refractivity contribution in [3.8, 4) is 0 Å². The van der Waals surface area contributed by atoms with Crippen LogP contribution >= 0.6 is 22.6 Å². The van der Waals surface area contributed by atoms with Gasteiger partial charge in [0.1, 0.15) is 0 Å². The lowest BCUT2D eigenvalue weighted by Gasteiger charge is -2.23. The first-order chi connectivity index (χ1) is 10.2. The maximum atomic E-state index is 12.8. The molecular weight excluding hydrogens is 375 g/mol. The van der Waals surface area contributed by atoms with Crippen molar-refractivity contribution in [1.82, 2.24) is 4.90 Å². The third-order valence-electron chi connectivity index (χ3n) is 3.24. The molecule has 21 heavy (non-hydrogen) atoms. The molecule has 0 fully saturated rings. The third-order valence-corrected chi connectivity index (χ3v) is 4.18. The summed E-state index contributed by atoms with van der Waals surface area (Å²) in [5, 5.41) is 0. The molecule has 1 amide bonds. The van der Waals surface area contributed by atoms with Gasteiger partial charge in [-0.2, -0.15) is 0 Å². The quantitative estimate of drug-likeness (QED) is 0.765. The minimum absolute atomic E-state index is 0.0669. The van der Waals surface area contributed by atoms with Gasteiger partial charge in [0.25, 0.3) is 5.91 Å². The minimum Gasteiger partial charge on any atom is -0.334 e. The van der Waals surface area contributed by atoms with Crippen LogP contribution in [-0.2, 0) is 6.54 Å². The van der Waals surface area contributed by atoms with Crippen LogP contribution in [0, 0.1) is 3.57 Å². The van der Waals surface area contributed by atoms with Crippen LogP contribution in [0.15, 0.2) is 54.6 Å². The molecule has 2 aromatic rings. The number of nitrogens with two attached hydrogens (primary N) is 1. The molecule has 0 atom stereocenters. The molecule has 110 valence electrons. The number of carbonyl (C=O) groups excluding carboxylic acids is 1. The summed E-state index contributed by atoms with van der Waals surface area (Å²) in [6.45, 7) is 1.88. The highest BCUT2D eigenvalue weighted by atomic mass is 127. The van der Waals surface area contributed by atoms with Gasteiger partial charge < -0.3 is 10.6 Å². The van der Waals surface area contributed by atoms with E-state index in [1.807, 2.05) is 59.5 Å². The smallest absolute Gasteiger partial charge is 0.255 e. The lowest BCUT2D eigenvalue weighted by molar-refractivity contribution is 0.0741. The minimum atomic E-state index is 0.0669. The molecule has 0 aliphatic rings. The van der Waals surface area contributed by atoms with Gasteiger partial charge in [-0.1, -0.05) is 42.5 Å². The van der Waals surface area contributed by atoms with Crippen LogP contribution in [0.5, 0.6) is 0 Å². The second-order valence-corrected chi connectivity index (χ2v) is 6.00. The molecule has 0 aliphatic heterocycles. The lowest BCUT2D eigenvalue weighted by atomic mass is 10.1. The molecule has 0 radical (unpaired) electrons. The summed E-state index contributed by atoms with van der Waals surface area (Å²) >= 11 is 2.21. The molecule has 4 heteroatoms. The highest BCUT2D eigenvalue weighted by Gasteiger charge is 2.17. The maximum absolute atomic E-state index is 12.8. The Kier molecular flexibility index (Phi) is 6.20. The standard InChI is InChI=1S/C17H19IN2O/c18-16-10-5-4-9-15(16)17(21)20(12-6-11-19)13-14-7-2-1-3-8-14/h1-5,7-10H,6,11-13,19H2. The average molecular weight is 394 g/mol. The number of benzene rings is 2. The highest BCUT2D eigenvalue weighted by molar-refractivity contribution is 14.1. The molecule has 0 saturated carbocycles. The summed E-state index contributed by atoms with van der Waals surface area (Å²) in [5.74, 6) is 0.0669. The molecule has 0 unspecified atom stereocenters. The van der Waals surface area contributed by atoms with E-state index in [9.17, 15) is 4.79 Å². The summed E-state index contributed by atoms with van der Waals surface area (Å²) < 4.78 is 0.978. The van der Waals surface area contributed by atoms with Crippen molar-refractivity contribution in [3.05, 3.63) is 69.3 Å². The van der Waals surface area contributed by atoms with Gasteiger partial charge in [0, 0.05) is 16.7 Å². The van der Waals surface area contributed by atoms with Gasteiger partial charge in [0.05, 0.1) is 5.56 Å². The molecule has 0 spiro atoms. The second kappa shape index (κ2) is 8.14. The molecule has 0 bridgehead atoms. The Hall–Kier alpha value is -1.40. The predicted molar refractivity (Wildman–Crippen MR) is 94.0 cm³/mol. The fraction of sp³-hybridized carbons (Fsp3) is 0.235. The van der Waals surface area contributed by atoms with Crippen LogP contribution in [0.2, 0.25) is 0 Å². The topological polar surface area (TPSA) is 46.3 Å². The Bertz CT molecular complexity index is 586. The number of amides is 1. The van der Waals surface area contributed by atoms with E-state index >= 15 is 0 Å². The van der Waals surface area contributed by atoms with E-state index in [1.165, 1.54) is 0 Å². The Morgan fingerprint density at radius 3 is 2.38 bits per heavy atom. The van der Waals surface area contributed by atoms with Crippen LogP contribution in [0.25, 0.3) is 0 Å². The molecule has 0 heterocycles. The zero-order valence-corrected chi connectivity index (χ0v) is 14.0. The van der Waals surface area contributed by atoms with Crippen LogP contribution in [0.3, 0.4) is 0 Å². The van der Waals surface area contributed by atoms with Crippen LogP contribution < -0.4 is 5.73 Å². The number of carbonyl (C=O) groups is 1. The van der Waals surface area contributed by atoms with Crippen molar-refractivity contribution in [2.24, 2.45) is 5.73 Å². The largest absolute Gasteiger partial charge is 0.334 e. The van der Waals surface area contributed by atoms with Crippen molar-refractivity contribution in [2.75, 3.05) is 13.1 Å². The first kappa shape index (κ1) is 16.0. The monoisotopic (exact) mass is 394 g/mol. The van der Waals surface area contributed by atoms with E-state index in [0.29, 0.717) is 19.6 Å². The van der Waals surface area contributed by atoms with Crippen molar-refractivity contribution in [3.63, 3.8) is 0 Å².